The van der Waals surface area contributed by atoms with Crippen molar-refractivity contribution in [1.29, 1.82) is 0 Å². The van der Waals surface area contributed by atoms with Crippen molar-refractivity contribution in [3.63, 3.8) is 0 Å². The molecule has 0 fully saturated rings. The highest BCUT2D eigenvalue weighted by Gasteiger charge is 2.28. The number of Topliss-reactive ketones (excluding diaryl/α,β-unsaturated/α-hetero) is 1. The predicted molar refractivity (Wildman–Crippen MR) is 110 cm³/mol. The quantitative estimate of drug-likeness (QED) is 0.380. The first-order chi connectivity index (χ1) is 14.2. The molecule has 0 saturated carbocycles. The van der Waals surface area contributed by atoms with E-state index in [1.807, 2.05) is 30.3 Å². The second-order valence-corrected chi connectivity index (χ2v) is 6.66. The highest BCUT2D eigenvalue weighted by Crippen LogP contribution is 2.28. The van der Waals surface area contributed by atoms with E-state index < -0.39 is 12.1 Å². The van der Waals surface area contributed by atoms with Crippen molar-refractivity contribution in [2.75, 3.05) is 0 Å². The van der Waals surface area contributed by atoms with Crippen LogP contribution in [0.15, 0.2) is 85.1 Å². The highest BCUT2D eigenvalue weighted by molar-refractivity contribution is 6.11. The zero-order valence-corrected chi connectivity index (χ0v) is 15.5. The number of esters is 1. The van der Waals surface area contributed by atoms with Crippen molar-refractivity contribution in [2.45, 2.75) is 12.7 Å². The number of fused-ring (bicyclic) bond motifs is 1. The van der Waals surface area contributed by atoms with E-state index in [4.69, 9.17) is 9.84 Å². The summed E-state index contributed by atoms with van der Waals surface area (Å²) in [7, 11) is 0. The monoisotopic (exact) mass is 385 g/mol. The van der Waals surface area contributed by atoms with Crippen LogP contribution in [-0.2, 0) is 11.3 Å². The van der Waals surface area contributed by atoms with Gasteiger partial charge >= 0.3 is 5.97 Å². The van der Waals surface area contributed by atoms with Crippen LogP contribution < -0.4 is 0 Å². The van der Waals surface area contributed by atoms with Crippen LogP contribution in [0.5, 0.6) is 0 Å². The Hall–Kier alpha value is -3.70. The number of aliphatic hydroxyl groups is 1. The Morgan fingerprint density at radius 2 is 1.59 bits per heavy atom. The highest BCUT2D eigenvalue weighted by atomic mass is 16.5. The van der Waals surface area contributed by atoms with Crippen LogP contribution in [0.1, 0.15) is 37.9 Å². The number of carbonyl (C=O) groups is 2. The molecule has 2 N–H and O–H groups in total. The minimum atomic E-state index is -1.07. The summed E-state index contributed by atoms with van der Waals surface area (Å²) in [5.41, 5.74) is 2.92. The zero-order valence-electron chi connectivity index (χ0n) is 15.5. The maximum Gasteiger partial charge on any atom is 0.339 e. The molecule has 0 radical (unpaired) electrons. The van der Waals surface area contributed by atoms with Gasteiger partial charge in [0.05, 0.1) is 12.2 Å². The van der Waals surface area contributed by atoms with E-state index in [2.05, 4.69) is 4.98 Å². The molecule has 3 aromatic carbocycles. The first-order valence-electron chi connectivity index (χ1n) is 9.23. The summed E-state index contributed by atoms with van der Waals surface area (Å²) in [6.45, 7) is -0.110. The molecule has 0 spiro atoms. The minimum absolute atomic E-state index is 0.110. The number of aliphatic hydroxyl groups excluding tert-OH is 1. The fraction of sp³-hybridized carbons (Fsp3) is 0.0833. The van der Waals surface area contributed by atoms with Crippen LogP contribution in [-0.4, -0.2) is 21.8 Å². The lowest BCUT2D eigenvalue weighted by Crippen LogP contribution is -2.20. The third-order valence-corrected chi connectivity index (χ3v) is 4.79. The minimum Gasteiger partial charge on any atom is -0.445 e. The van der Waals surface area contributed by atoms with E-state index in [9.17, 15) is 9.59 Å². The number of nitrogens with one attached hydrogen (secondary N) is 1. The number of hydrogen-bond acceptors (Lipinski definition) is 4. The summed E-state index contributed by atoms with van der Waals surface area (Å²) in [4.78, 5) is 29.2. The number of carbonyl (C=O) groups excluding carboxylic acids is 2. The molecule has 1 aromatic heterocycles. The third-order valence-electron chi connectivity index (χ3n) is 4.79. The predicted octanol–water partition coefficient (Wildman–Crippen LogP) is 4.44. The van der Waals surface area contributed by atoms with E-state index in [0.717, 1.165) is 10.9 Å². The second kappa shape index (κ2) is 8.12. The maximum atomic E-state index is 13.4. The second-order valence-electron chi connectivity index (χ2n) is 6.66. The first kappa shape index (κ1) is 18.7. The van der Waals surface area contributed by atoms with Gasteiger partial charge in [-0.15, -0.1) is 0 Å². The van der Waals surface area contributed by atoms with Crippen molar-refractivity contribution < 1.29 is 19.4 Å². The number of rotatable bonds is 6. The lowest BCUT2D eigenvalue weighted by Gasteiger charge is -2.17. The molecule has 144 valence electrons. The van der Waals surface area contributed by atoms with Gasteiger partial charge in [0.15, 0.2) is 6.10 Å². The molecule has 0 aliphatic carbocycles. The fourth-order valence-electron chi connectivity index (χ4n) is 3.24. The van der Waals surface area contributed by atoms with Crippen molar-refractivity contribution >= 4 is 22.7 Å². The molecule has 4 rings (SSSR count). The average molecular weight is 385 g/mol. The lowest BCUT2D eigenvalue weighted by atomic mass is 9.99. The number of aromatic nitrogens is 1. The Bertz CT molecular complexity index is 1150. The van der Waals surface area contributed by atoms with Gasteiger partial charge in [-0.25, -0.2) is 4.79 Å². The standard InChI is InChI=1S/C24H19NO4/c26-15-16-10-12-18(13-11-16)24(28)29-23(17-6-2-1-3-7-17)22(27)20-14-25-21-9-5-4-8-19(20)21/h1-14,23,25-26H,15H2/t23-/m0/s1. The fourth-order valence-corrected chi connectivity index (χ4v) is 3.24. The normalized spacial score (nSPS) is 11.9. The number of aromatic amines is 1. The number of H-pyrrole nitrogens is 1. The van der Waals surface area contributed by atoms with Crippen LogP contribution in [0, 0.1) is 0 Å². The molecule has 0 amide bonds. The first-order valence-corrected chi connectivity index (χ1v) is 9.23. The number of hydrogen-bond donors (Lipinski definition) is 2. The van der Waals surface area contributed by atoms with Crippen molar-refractivity contribution in [2.24, 2.45) is 0 Å². The molecule has 0 unspecified atom stereocenters. The van der Waals surface area contributed by atoms with Gasteiger partial charge in [0.2, 0.25) is 5.78 Å². The van der Waals surface area contributed by atoms with Crippen molar-refractivity contribution in [3.8, 4) is 0 Å². The van der Waals surface area contributed by atoms with Crippen LogP contribution >= 0.6 is 0 Å². The number of ketones is 1. The van der Waals surface area contributed by atoms with Gasteiger partial charge in [0.1, 0.15) is 0 Å². The van der Waals surface area contributed by atoms with Crippen LogP contribution in [0.4, 0.5) is 0 Å². The molecule has 4 aromatic rings. The van der Waals surface area contributed by atoms with Gasteiger partial charge in [-0.1, -0.05) is 60.7 Å². The van der Waals surface area contributed by atoms with Crippen LogP contribution in [0.2, 0.25) is 0 Å². The molecule has 0 aliphatic rings. The van der Waals surface area contributed by atoms with Crippen molar-refractivity contribution in [3.05, 3.63) is 107 Å². The summed E-state index contributed by atoms with van der Waals surface area (Å²) in [6.07, 6.45) is 0.577. The number of ether oxygens (including phenoxy) is 1. The Labute approximate surface area is 167 Å². The van der Waals surface area contributed by atoms with Gasteiger partial charge in [0.25, 0.3) is 0 Å². The summed E-state index contributed by atoms with van der Waals surface area (Å²) in [5, 5.41) is 9.94. The molecule has 5 heteroatoms. The van der Waals surface area contributed by atoms with E-state index in [1.165, 1.54) is 0 Å². The smallest absolute Gasteiger partial charge is 0.339 e. The average Bonchev–Trinajstić information content (AvgIpc) is 3.22. The number of para-hydroxylation sites is 1. The third kappa shape index (κ3) is 3.81. The Balaban J connectivity index is 1.68. The zero-order chi connectivity index (χ0) is 20.2. The van der Waals surface area contributed by atoms with Gasteiger partial charge in [-0.2, -0.15) is 0 Å². The molecule has 0 saturated heterocycles. The Kier molecular flexibility index (Phi) is 5.22. The molecule has 5 nitrogen and oxygen atoms in total. The molecule has 29 heavy (non-hydrogen) atoms. The molecule has 1 atom stereocenters. The largest absolute Gasteiger partial charge is 0.445 e. The van der Waals surface area contributed by atoms with E-state index in [1.54, 1.807) is 54.7 Å². The van der Waals surface area contributed by atoms with Crippen LogP contribution in [0.25, 0.3) is 10.9 Å². The Morgan fingerprint density at radius 3 is 2.31 bits per heavy atom. The molecule has 1 heterocycles. The van der Waals surface area contributed by atoms with Crippen LogP contribution in [0.3, 0.4) is 0 Å². The SMILES string of the molecule is O=C(O[C@H](C(=O)c1c[nH]c2ccccc12)c1ccccc1)c1ccc(CO)cc1. The Morgan fingerprint density at radius 1 is 0.897 bits per heavy atom. The van der Waals surface area contributed by atoms with Gasteiger partial charge in [-0.05, 0) is 23.8 Å². The number of benzene rings is 3. The molecular weight excluding hydrogens is 366 g/mol. The van der Waals surface area contributed by atoms with Gasteiger partial charge in [-0.3, -0.25) is 4.79 Å². The topological polar surface area (TPSA) is 79.4 Å². The van der Waals surface area contributed by atoms with Crippen molar-refractivity contribution in [1.82, 2.24) is 4.98 Å². The molecular formula is C24H19NO4. The molecule has 0 aliphatic heterocycles. The van der Waals surface area contributed by atoms with E-state index in [0.29, 0.717) is 22.3 Å². The summed E-state index contributed by atoms with van der Waals surface area (Å²) in [6, 6.07) is 22.9. The summed E-state index contributed by atoms with van der Waals surface area (Å²) >= 11 is 0. The lowest BCUT2D eigenvalue weighted by molar-refractivity contribution is 0.0280. The van der Waals surface area contributed by atoms with Gasteiger partial charge < -0.3 is 14.8 Å². The maximum absolute atomic E-state index is 13.4. The summed E-state index contributed by atoms with van der Waals surface area (Å²) in [5.74, 6) is -0.898. The van der Waals surface area contributed by atoms with E-state index in [-0.39, 0.29) is 12.4 Å². The van der Waals surface area contributed by atoms with E-state index >= 15 is 0 Å². The molecule has 0 bridgehead atoms. The van der Waals surface area contributed by atoms with Gasteiger partial charge in [0, 0.05) is 28.2 Å². The summed E-state index contributed by atoms with van der Waals surface area (Å²) < 4.78 is 5.67.